The number of fused-ring (bicyclic) bond motifs is 1. The molecule has 0 radical (unpaired) electrons. The Bertz CT molecular complexity index is 926. The van der Waals surface area contributed by atoms with Crippen molar-refractivity contribution in [3.63, 3.8) is 0 Å². The van der Waals surface area contributed by atoms with Gasteiger partial charge in [0, 0.05) is 24.7 Å². The molecule has 0 fully saturated rings. The third kappa shape index (κ3) is 3.78. The molecule has 8 nitrogen and oxygen atoms in total. The molecule has 0 atom stereocenters. The Hall–Kier alpha value is -2.90. The molecule has 134 valence electrons. The van der Waals surface area contributed by atoms with Crippen LogP contribution in [0.1, 0.15) is 37.6 Å². The summed E-state index contributed by atoms with van der Waals surface area (Å²) in [6.07, 6.45) is -0.157. The van der Waals surface area contributed by atoms with E-state index in [2.05, 4.69) is 4.98 Å². The number of amides is 1. The Morgan fingerprint density at radius 2 is 1.96 bits per heavy atom. The van der Waals surface area contributed by atoms with E-state index in [9.17, 15) is 19.2 Å². The van der Waals surface area contributed by atoms with Gasteiger partial charge >= 0.3 is 11.7 Å². The van der Waals surface area contributed by atoms with Crippen molar-refractivity contribution in [3.05, 3.63) is 44.6 Å². The van der Waals surface area contributed by atoms with Crippen molar-refractivity contribution in [2.24, 2.45) is 0 Å². The molecule has 0 bridgehead atoms. The average molecular weight is 347 g/mol. The lowest BCUT2D eigenvalue weighted by Crippen LogP contribution is -2.38. The van der Waals surface area contributed by atoms with Gasteiger partial charge in [-0.3, -0.25) is 19.0 Å². The van der Waals surface area contributed by atoms with Gasteiger partial charge in [0.2, 0.25) is 0 Å². The topological polar surface area (TPSA) is 112 Å². The van der Waals surface area contributed by atoms with Crippen LogP contribution in [-0.4, -0.2) is 44.0 Å². The standard InChI is InChI=1S/C17H21N3O5/c1-4-19-16(24)12-6-5-11(9-13(12)18-17(19)25)15(23)20(10(2)3)8-7-14(21)22/h5-6,9-10H,4,7-8H2,1-3H3,(H,18,25)(H,21,22). The van der Waals surface area contributed by atoms with Gasteiger partial charge in [0.15, 0.2) is 0 Å². The minimum absolute atomic E-state index is 0.0812. The van der Waals surface area contributed by atoms with Crippen molar-refractivity contribution >= 4 is 22.8 Å². The normalized spacial score (nSPS) is 11.0. The molecule has 0 saturated carbocycles. The number of benzene rings is 1. The molecule has 1 aromatic heterocycles. The number of H-pyrrole nitrogens is 1. The highest BCUT2D eigenvalue weighted by Gasteiger charge is 2.20. The summed E-state index contributed by atoms with van der Waals surface area (Å²) in [5, 5.41) is 9.15. The lowest BCUT2D eigenvalue weighted by molar-refractivity contribution is -0.137. The van der Waals surface area contributed by atoms with E-state index < -0.39 is 17.2 Å². The van der Waals surface area contributed by atoms with E-state index in [4.69, 9.17) is 5.11 Å². The van der Waals surface area contributed by atoms with E-state index in [1.54, 1.807) is 20.8 Å². The molecule has 25 heavy (non-hydrogen) atoms. The summed E-state index contributed by atoms with van der Waals surface area (Å²) in [6, 6.07) is 4.29. The second-order valence-corrected chi connectivity index (χ2v) is 5.98. The largest absolute Gasteiger partial charge is 0.481 e. The number of carbonyl (C=O) groups is 2. The van der Waals surface area contributed by atoms with Gasteiger partial charge in [-0.15, -0.1) is 0 Å². The minimum Gasteiger partial charge on any atom is -0.481 e. The Morgan fingerprint density at radius 3 is 2.52 bits per heavy atom. The number of rotatable bonds is 6. The number of carbonyl (C=O) groups excluding carboxylic acids is 1. The van der Waals surface area contributed by atoms with Crippen LogP contribution in [-0.2, 0) is 11.3 Å². The van der Waals surface area contributed by atoms with E-state index >= 15 is 0 Å². The second-order valence-electron chi connectivity index (χ2n) is 5.98. The highest BCUT2D eigenvalue weighted by Crippen LogP contribution is 2.14. The maximum absolute atomic E-state index is 12.7. The third-order valence-electron chi connectivity index (χ3n) is 4.00. The number of nitrogens with zero attached hydrogens (tertiary/aromatic N) is 2. The molecular formula is C17H21N3O5. The Labute approximate surface area is 143 Å². The maximum Gasteiger partial charge on any atom is 0.328 e. The quantitative estimate of drug-likeness (QED) is 0.810. The SMILES string of the molecule is CCn1c(=O)[nH]c2cc(C(=O)N(CCC(=O)O)C(C)C)ccc2c1=O. The molecule has 2 N–H and O–H groups in total. The first-order valence-corrected chi connectivity index (χ1v) is 8.05. The summed E-state index contributed by atoms with van der Waals surface area (Å²) in [5.41, 5.74) is -0.369. The maximum atomic E-state index is 12.7. The van der Waals surface area contributed by atoms with Crippen LogP contribution in [0.2, 0.25) is 0 Å². The van der Waals surface area contributed by atoms with Crippen LogP contribution < -0.4 is 11.2 Å². The summed E-state index contributed by atoms with van der Waals surface area (Å²) in [7, 11) is 0. The fourth-order valence-electron chi connectivity index (χ4n) is 2.65. The first-order valence-electron chi connectivity index (χ1n) is 8.05. The van der Waals surface area contributed by atoms with E-state index in [-0.39, 0.29) is 42.5 Å². The number of aromatic amines is 1. The van der Waals surface area contributed by atoms with Gasteiger partial charge in [-0.2, -0.15) is 0 Å². The van der Waals surface area contributed by atoms with Crippen LogP contribution >= 0.6 is 0 Å². The number of aromatic nitrogens is 2. The first kappa shape index (κ1) is 18.4. The summed E-state index contributed by atoms with van der Waals surface area (Å²) in [5.74, 6) is -1.33. The van der Waals surface area contributed by atoms with Crippen LogP contribution in [0.25, 0.3) is 10.9 Å². The molecule has 0 aliphatic rings. The zero-order valence-corrected chi connectivity index (χ0v) is 14.4. The number of aliphatic carboxylic acids is 1. The number of hydrogen-bond donors (Lipinski definition) is 2. The van der Waals surface area contributed by atoms with Crippen LogP contribution in [0.15, 0.2) is 27.8 Å². The molecular weight excluding hydrogens is 326 g/mol. The van der Waals surface area contributed by atoms with Crippen LogP contribution in [0, 0.1) is 0 Å². The van der Waals surface area contributed by atoms with Crippen molar-refractivity contribution in [2.45, 2.75) is 39.8 Å². The molecule has 0 spiro atoms. The Balaban J connectivity index is 2.46. The van der Waals surface area contributed by atoms with E-state index in [1.165, 1.54) is 23.1 Å². The van der Waals surface area contributed by atoms with Crippen molar-refractivity contribution in [2.75, 3.05) is 6.54 Å². The van der Waals surface area contributed by atoms with Gasteiger partial charge in [0.25, 0.3) is 11.5 Å². The third-order valence-corrected chi connectivity index (χ3v) is 4.00. The summed E-state index contributed by atoms with van der Waals surface area (Å²) >= 11 is 0. The summed E-state index contributed by atoms with van der Waals surface area (Å²) in [4.78, 5) is 51.7. The predicted octanol–water partition coefficient (Wildman–Crippen LogP) is 1.03. The molecule has 0 aliphatic carbocycles. The predicted molar refractivity (Wildman–Crippen MR) is 92.9 cm³/mol. The second kappa shape index (κ2) is 7.33. The van der Waals surface area contributed by atoms with Crippen LogP contribution in [0.4, 0.5) is 0 Å². The van der Waals surface area contributed by atoms with Gasteiger partial charge < -0.3 is 15.0 Å². The van der Waals surface area contributed by atoms with Gasteiger partial charge in [-0.25, -0.2) is 4.79 Å². The lowest BCUT2D eigenvalue weighted by atomic mass is 10.1. The lowest BCUT2D eigenvalue weighted by Gasteiger charge is -2.26. The van der Waals surface area contributed by atoms with Crippen molar-refractivity contribution < 1.29 is 14.7 Å². The van der Waals surface area contributed by atoms with Crippen LogP contribution in [0.3, 0.4) is 0 Å². The molecule has 1 heterocycles. The number of hydrogen-bond acceptors (Lipinski definition) is 4. The first-order chi connectivity index (χ1) is 11.8. The van der Waals surface area contributed by atoms with Gasteiger partial charge in [-0.1, -0.05) is 0 Å². The zero-order valence-electron chi connectivity index (χ0n) is 14.4. The van der Waals surface area contributed by atoms with Crippen molar-refractivity contribution in [1.82, 2.24) is 14.5 Å². The fraction of sp³-hybridized carbons (Fsp3) is 0.412. The fourth-order valence-corrected chi connectivity index (χ4v) is 2.65. The molecule has 1 aromatic carbocycles. The highest BCUT2D eigenvalue weighted by molar-refractivity contribution is 5.97. The van der Waals surface area contributed by atoms with Crippen molar-refractivity contribution in [3.8, 4) is 0 Å². The molecule has 2 rings (SSSR count). The van der Waals surface area contributed by atoms with E-state index in [0.29, 0.717) is 5.39 Å². The Kier molecular flexibility index (Phi) is 5.41. The zero-order chi connectivity index (χ0) is 18.7. The van der Waals surface area contributed by atoms with Crippen LogP contribution in [0.5, 0.6) is 0 Å². The highest BCUT2D eigenvalue weighted by atomic mass is 16.4. The molecule has 0 aliphatic heterocycles. The number of carboxylic acid groups (broad SMARTS) is 1. The average Bonchev–Trinajstić information content (AvgIpc) is 2.54. The molecule has 1 amide bonds. The molecule has 8 heteroatoms. The molecule has 2 aromatic rings. The molecule has 0 unspecified atom stereocenters. The van der Waals surface area contributed by atoms with Gasteiger partial charge in [0.1, 0.15) is 0 Å². The summed E-state index contributed by atoms with van der Waals surface area (Å²) < 4.78 is 1.08. The monoisotopic (exact) mass is 347 g/mol. The van der Waals surface area contributed by atoms with Gasteiger partial charge in [0.05, 0.1) is 17.3 Å². The van der Waals surface area contributed by atoms with E-state index in [1.807, 2.05) is 0 Å². The Morgan fingerprint density at radius 1 is 1.28 bits per heavy atom. The number of nitrogens with one attached hydrogen (secondary N) is 1. The summed E-state index contributed by atoms with van der Waals surface area (Å²) in [6.45, 7) is 5.62. The molecule has 0 saturated heterocycles. The smallest absolute Gasteiger partial charge is 0.328 e. The van der Waals surface area contributed by atoms with E-state index in [0.717, 1.165) is 4.57 Å². The minimum atomic E-state index is -0.985. The van der Waals surface area contributed by atoms with Crippen molar-refractivity contribution in [1.29, 1.82) is 0 Å². The number of carboxylic acids is 1. The van der Waals surface area contributed by atoms with Gasteiger partial charge in [-0.05, 0) is 39.0 Å².